The maximum atomic E-state index is 13.1. The summed E-state index contributed by atoms with van der Waals surface area (Å²) in [5.41, 5.74) is 6.86. The molecule has 2 aliphatic rings. The van der Waals surface area contributed by atoms with Gasteiger partial charge in [-0.25, -0.2) is 14.8 Å². The number of nitrogens with two attached hydrogens (primary N) is 1. The molecule has 3 aromatic rings. The van der Waals surface area contributed by atoms with Crippen molar-refractivity contribution < 1.29 is 29.1 Å². The minimum atomic E-state index is -1.59. The van der Waals surface area contributed by atoms with Crippen LogP contribution in [-0.2, 0) is 19.2 Å². The van der Waals surface area contributed by atoms with Gasteiger partial charge < -0.3 is 25.7 Å². The molecule has 0 unspecified atom stereocenters. The number of carbonyl (C=O) groups excluding carboxylic acids is 2. The Labute approximate surface area is 237 Å². The highest BCUT2D eigenvalue weighted by Gasteiger charge is 2.54. The van der Waals surface area contributed by atoms with Gasteiger partial charge in [0.1, 0.15) is 35.3 Å². The number of hydrogen-bond donors (Lipinski definition) is 3. The largest absolute Gasteiger partial charge is 0.512 e. The molecule has 1 saturated heterocycles. The fourth-order valence-electron chi connectivity index (χ4n) is 3.88. The van der Waals surface area contributed by atoms with E-state index < -0.39 is 29.4 Å². The fraction of sp³-hybridized carbons (Fsp3) is 0.286. The first-order chi connectivity index (χ1) is 19.2. The van der Waals surface area contributed by atoms with Gasteiger partial charge in [-0.3, -0.25) is 14.5 Å². The van der Waals surface area contributed by atoms with E-state index in [1.165, 1.54) is 45.4 Å². The van der Waals surface area contributed by atoms with Crippen molar-refractivity contribution in [1.82, 2.24) is 34.8 Å². The molecule has 40 heavy (non-hydrogen) atoms. The molecule has 0 radical (unpaired) electrons. The Morgan fingerprint density at radius 1 is 1.40 bits per heavy atom. The maximum absolute atomic E-state index is 13.1. The second kappa shape index (κ2) is 11.0. The fourth-order valence-corrected chi connectivity index (χ4v) is 6.92. The van der Waals surface area contributed by atoms with Crippen molar-refractivity contribution in [2.75, 3.05) is 24.3 Å². The lowest BCUT2D eigenvalue weighted by atomic mass is 10.1. The Kier molecular flexibility index (Phi) is 7.46. The van der Waals surface area contributed by atoms with E-state index in [0.717, 1.165) is 11.3 Å². The predicted molar refractivity (Wildman–Crippen MR) is 142 cm³/mol. The van der Waals surface area contributed by atoms with Crippen molar-refractivity contribution in [3.8, 4) is 6.07 Å². The van der Waals surface area contributed by atoms with Crippen molar-refractivity contribution in [2.45, 2.75) is 23.4 Å². The summed E-state index contributed by atoms with van der Waals surface area (Å²) in [6.07, 6.45) is -1.59. The van der Waals surface area contributed by atoms with Gasteiger partial charge in [0.05, 0.1) is 0 Å². The number of thioether (sulfide) groups is 2. The number of aryl methyl sites for hydroxylation is 1. The summed E-state index contributed by atoms with van der Waals surface area (Å²) in [6, 6.07) is 2.65. The molecule has 0 bridgehead atoms. The number of thiazole rings is 1. The summed E-state index contributed by atoms with van der Waals surface area (Å²) in [6.45, 7) is 1.77. The van der Waals surface area contributed by atoms with E-state index in [1.54, 1.807) is 13.0 Å². The zero-order chi connectivity index (χ0) is 28.6. The van der Waals surface area contributed by atoms with E-state index in [0.29, 0.717) is 22.0 Å². The number of oxime groups is 1. The van der Waals surface area contributed by atoms with Crippen LogP contribution in [-0.4, -0.2) is 88.3 Å². The number of β-lactam (4-membered cyclic amide) rings is 1. The number of carbonyl (C=O) groups is 3. The standard InChI is InChI=1S/C21H18N10O6S3/c1-8-3-12(31-20(24-8)26-11(4-22)28-31)38-5-9-6-39-18-14(16(33)30(18)17(9)37-21(34)35)27-15(32)13(29-36-2)10-7-40-19(23)25-10/h3,7,14,18H,5-6H2,1-2H3,(H2,23,25)(H,27,32)(H,34,35)/b29-13-/t14-,18-/m1/s1. The molecular formula is C21H18N10O6S3. The summed E-state index contributed by atoms with van der Waals surface area (Å²) in [4.78, 5) is 55.9. The van der Waals surface area contributed by atoms with E-state index in [-0.39, 0.29) is 39.8 Å². The molecule has 0 aromatic carbocycles. The number of rotatable bonds is 8. The van der Waals surface area contributed by atoms with Gasteiger partial charge in [-0.1, -0.05) is 5.16 Å². The Morgan fingerprint density at radius 3 is 2.88 bits per heavy atom. The molecule has 2 amide bonds. The lowest BCUT2D eigenvalue weighted by Crippen LogP contribution is -2.70. The monoisotopic (exact) mass is 602 g/mol. The number of hydrogen-bond acceptors (Lipinski definition) is 15. The van der Waals surface area contributed by atoms with Crippen LogP contribution < -0.4 is 11.1 Å². The Balaban J connectivity index is 1.35. The molecule has 5 rings (SSSR count). The van der Waals surface area contributed by atoms with Gasteiger partial charge in [0, 0.05) is 28.2 Å². The number of amides is 2. The molecular weight excluding hydrogens is 584 g/mol. The highest BCUT2D eigenvalue weighted by Crippen LogP contribution is 2.42. The molecule has 19 heteroatoms. The van der Waals surface area contributed by atoms with Crippen LogP contribution in [0.3, 0.4) is 0 Å². The minimum Gasteiger partial charge on any atom is -0.449 e. The molecule has 16 nitrogen and oxygen atoms in total. The van der Waals surface area contributed by atoms with E-state index in [4.69, 9.17) is 20.6 Å². The van der Waals surface area contributed by atoms with Gasteiger partial charge >= 0.3 is 6.16 Å². The third-order valence-electron chi connectivity index (χ3n) is 5.53. The van der Waals surface area contributed by atoms with Gasteiger partial charge in [-0.15, -0.1) is 40.0 Å². The molecule has 2 aliphatic heterocycles. The van der Waals surface area contributed by atoms with E-state index in [1.807, 2.05) is 6.07 Å². The third-order valence-corrected chi connectivity index (χ3v) is 8.62. The minimum absolute atomic E-state index is 0.0404. The number of nitrogen functional groups attached to an aromatic ring is 1. The van der Waals surface area contributed by atoms with Crippen LogP contribution in [0.25, 0.3) is 5.78 Å². The first-order valence-electron chi connectivity index (χ1n) is 11.2. The van der Waals surface area contributed by atoms with Crippen molar-refractivity contribution in [3.05, 3.63) is 40.1 Å². The van der Waals surface area contributed by atoms with Crippen LogP contribution in [0.2, 0.25) is 0 Å². The second-order valence-corrected chi connectivity index (χ2v) is 11.1. The number of nitrogens with one attached hydrogen (secondary N) is 1. The number of nitriles is 1. The zero-order valence-electron chi connectivity index (χ0n) is 20.6. The van der Waals surface area contributed by atoms with Crippen LogP contribution >= 0.6 is 34.9 Å². The van der Waals surface area contributed by atoms with Gasteiger partial charge in [0.15, 0.2) is 10.8 Å². The summed E-state index contributed by atoms with van der Waals surface area (Å²) in [7, 11) is 1.26. The number of ether oxygens (including phenoxy) is 1. The molecule has 0 spiro atoms. The highest BCUT2D eigenvalue weighted by molar-refractivity contribution is 8.01. The molecule has 206 valence electrons. The second-order valence-electron chi connectivity index (χ2n) is 8.11. The Hall–Kier alpha value is -4.41. The number of fused-ring (bicyclic) bond motifs is 2. The van der Waals surface area contributed by atoms with Gasteiger partial charge in [-0.2, -0.15) is 14.8 Å². The van der Waals surface area contributed by atoms with Crippen LogP contribution in [0.15, 0.2) is 33.1 Å². The maximum Gasteiger partial charge on any atom is 0.512 e. The predicted octanol–water partition coefficient (Wildman–Crippen LogP) is 0.792. The lowest BCUT2D eigenvalue weighted by Gasteiger charge is -2.49. The van der Waals surface area contributed by atoms with Crippen LogP contribution in [0, 0.1) is 18.3 Å². The van der Waals surface area contributed by atoms with E-state index >= 15 is 0 Å². The van der Waals surface area contributed by atoms with Gasteiger partial charge in [0.25, 0.3) is 23.4 Å². The van der Waals surface area contributed by atoms with Gasteiger partial charge in [-0.05, 0) is 13.0 Å². The highest BCUT2D eigenvalue weighted by atomic mass is 32.2. The average molecular weight is 603 g/mol. The average Bonchev–Trinajstić information content (AvgIpc) is 3.54. The molecule has 4 N–H and O–H groups in total. The summed E-state index contributed by atoms with van der Waals surface area (Å²) in [5.74, 6) is -0.626. The first kappa shape index (κ1) is 27.2. The summed E-state index contributed by atoms with van der Waals surface area (Å²) < 4.78 is 6.47. The third kappa shape index (κ3) is 5.11. The van der Waals surface area contributed by atoms with Crippen molar-refractivity contribution in [3.63, 3.8) is 0 Å². The lowest BCUT2D eigenvalue weighted by molar-refractivity contribution is -0.148. The molecule has 3 aromatic heterocycles. The van der Waals surface area contributed by atoms with Crippen LogP contribution in [0.1, 0.15) is 17.2 Å². The topological polar surface area (TPSA) is 223 Å². The normalized spacial score (nSPS) is 18.7. The molecule has 5 heterocycles. The van der Waals surface area contributed by atoms with Crippen LogP contribution in [0.4, 0.5) is 9.93 Å². The number of nitrogens with zero attached hydrogens (tertiary/aromatic N) is 8. The van der Waals surface area contributed by atoms with Crippen molar-refractivity contribution >= 4 is 69.5 Å². The first-order valence-corrected chi connectivity index (χ1v) is 14.1. The molecule has 1 fully saturated rings. The molecule has 0 saturated carbocycles. The quantitative estimate of drug-likeness (QED) is 0.0810. The number of aromatic nitrogens is 5. The number of anilines is 1. The zero-order valence-corrected chi connectivity index (χ0v) is 23.0. The smallest absolute Gasteiger partial charge is 0.449 e. The summed E-state index contributed by atoms with van der Waals surface area (Å²) >= 11 is 3.73. The molecule has 2 atom stereocenters. The van der Waals surface area contributed by atoms with Gasteiger partial charge in [0.2, 0.25) is 5.88 Å². The summed E-state index contributed by atoms with van der Waals surface area (Å²) in [5, 5.41) is 30.7. The molecule has 0 aliphatic carbocycles. The van der Waals surface area contributed by atoms with Crippen molar-refractivity contribution in [1.29, 1.82) is 5.26 Å². The van der Waals surface area contributed by atoms with Crippen LogP contribution in [0.5, 0.6) is 0 Å². The van der Waals surface area contributed by atoms with Crippen molar-refractivity contribution in [2.24, 2.45) is 5.16 Å². The SMILES string of the molecule is CO/N=C(\C(=O)N[C@@H]1C(=O)N2C(OC(=O)O)=C(CSc3cc(C)nc4nc(C#N)nn34)CS[C@H]12)c1csc(N)n1. The van der Waals surface area contributed by atoms with E-state index in [9.17, 15) is 19.5 Å². The Morgan fingerprint density at radius 2 is 2.20 bits per heavy atom. The Bertz CT molecular complexity index is 1640. The van der Waals surface area contributed by atoms with E-state index in [2.05, 4.69) is 30.5 Å². The number of carboxylic acid groups (broad SMARTS) is 1.